The summed E-state index contributed by atoms with van der Waals surface area (Å²) in [5.41, 5.74) is 0.794. The summed E-state index contributed by atoms with van der Waals surface area (Å²) in [5.74, 6) is 0.110. The average molecular weight is 240 g/mol. The van der Waals surface area contributed by atoms with E-state index in [1.54, 1.807) is 0 Å². The Hall–Kier alpha value is -1.87. The van der Waals surface area contributed by atoms with Crippen LogP contribution in [0.3, 0.4) is 0 Å². The number of rotatable bonds is 2. The Bertz CT molecular complexity index is 585. The molecule has 3 nitrogen and oxygen atoms in total. The maximum absolute atomic E-state index is 12.5. The molecule has 1 amide bonds. The van der Waals surface area contributed by atoms with E-state index in [0.717, 1.165) is 29.4 Å². The Morgan fingerprint density at radius 1 is 1.17 bits per heavy atom. The van der Waals surface area contributed by atoms with E-state index in [2.05, 4.69) is 5.32 Å². The Morgan fingerprint density at radius 3 is 2.61 bits per heavy atom. The molecule has 1 fully saturated rings. The third-order valence-corrected chi connectivity index (χ3v) is 3.65. The molecule has 2 aromatic carbocycles. The Kier molecular flexibility index (Phi) is 2.76. The second-order valence-corrected chi connectivity index (χ2v) is 4.75. The molecule has 3 heteroatoms. The molecule has 2 aromatic rings. The highest BCUT2D eigenvalue weighted by molar-refractivity contribution is 6.07. The van der Waals surface area contributed by atoms with Gasteiger partial charge in [-0.05, 0) is 16.8 Å². The van der Waals surface area contributed by atoms with Gasteiger partial charge in [-0.2, -0.15) is 0 Å². The minimum absolute atomic E-state index is 0.110. The van der Waals surface area contributed by atoms with Crippen LogP contribution in [0.5, 0.6) is 0 Å². The van der Waals surface area contributed by atoms with E-state index in [9.17, 15) is 4.79 Å². The number of hydrogen-bond acceptors (Lipinski definition) is 2. The lowest BCUT2D eigenvalue weighted by atomic mass is 10.0. The van der Waals surface area contributed by atoms with E-state index >= 15 is 0 Å². The maximum Gasteiger partial charge on any atom is 0.254 e. The van der Waals surface area contributed by atoms with E-state index in [4.69, 9.17) is 0 Å². The first kappa shape index (κ1) is 11.2. The van der Waals surface area contributed by atoms with Gasteiger partial charge in [0.1, 0.15) is 0 Å². The lowest BCUT2D eigenvalue weighted by Crippen LogP contribution is -2.57. The van der Waals surface area contributed by atoms with E-state index < -0.39 is 0 Å². The number of nitrogens with zero attached hydrogens (tertiary/aromatic N) is 1. The average Bonchev–Trinajstić information content (AvgIpc) is 2.35. The molecule has 0 spiro atoms. The van der Waals surface area contributed by atoms with Crippen LogP contribution in [-0.4, -0.2) is 37.0 Å². The van der Waals surface area contributed by atoms with Crippen LogP contribution in [0.25, 0.3) is 10.8 Å². The zero-order valence-corrected chi connectivity index (χ0v) is 10.4. The van der Waals surface area contributed by atoms with Crippen LogP contribution in [0.1, 0.15) is 10.4 Å². The van der Waals surface area contributed by atoms with Gasteiger partial charge in [-0.25, -0.2) is 0 Å². The third-order valence-electron chi connectivity index (χ3n) is 3.65. The molecular weight excluding hydrogens is 224 g/mol. The van der Waals surface area contributed by atoms with Crippen molar-refractivity contribution in [2.75, 3.05) is 20.1 Å². The van der Waals surface area contributed by atoms with Gasteiger partial charge in [0.15, 0.2) is 0 Å². The van der Waals surface area contributed by atoms with Crippen molar-refractivity contribution in [2.24, 2.45) is 0 Å². The molecule has 0 saturated carbocycles. The zero-order valence-electron chi connectivity index (χ0n) is 10.4. The van der Waals surface area contributed by atoms with Gasteiger partial charge in [0, 0.05) is 25.7 Å². The number of carbonyl (C=O) groups excluding carboxylic acids is 1. The Morgan fingerprint density at radius 2 is 1.89 bits per heavy atom. The number of hydrogen-bond donors (Lipinski definition) is 1. The van der Waals surface area contributed by atoms with Crippen molar-refractivity contribution in [3.63, 3.8) is 0 Å². The number of benzene rings is 2. The summed E-state index contributed by atoms with van der Waals surface area (Å²) in [6, 6.07) is 14.2. The molecule has 1 aliphatic heterocycles. The van der Waals surface area contributed by atoms with E-state index in [-0.39, 0.29) is 5.91 Å². The summed E-state index contributed by atoms with van der Waals surface area (Å²) in [4.78, 5) is 14.3. The molecule has 1 heterocycles. The Labute approximate surface area is 106 Å². The van der Waals surface area contributed by atoms with Crippen LogP contribution in [0, 0.1) is 0 Å². The summed E-state index contributed by atoms with van der Waals surface area (Å²) in [5, 5.41) is 5.34. The van der Waals surface area contributed by atoms with Gasteiger partial charge >= 0.3 is 0 Å². The van der Waals surface area contributed by atoms with Gasteiger partial charge in [0.25, 0.3) is 5.91 Å². The molecule has 0 bridgehead atoms. The first-order valence-corrected chi connectivity index (χ1v) is 6.23. The highest BCUT2D eigenvalue weighted by atomic mass is 16.2. The third kappa shape index (κ3) is 1.77. The number of nitrogens with one attached hydrogen (secondary N) is 1. The molecule has 0 unspecified atom stereocenters. The molecular formula is C15H16N2O. The van der Waals surface area contributed by atoms with Crippen LogP contribution >= 0.6 is 0 Å². The standard InChI is InChI=1S/C15H16N2O/c1-17(12-9-16-10-12)15(18)14-8-4-6-11-5-2-3-7-13(11)14/h2-8,12,16H,9-10H2,1H3. The summed E-state index contributed by atoms with van der Waals surface area (Å²) < 4.78 is 0. The largest absolute Gasteiger partial charge is 0.336 e. The fourth-order valence-corrected chi connectivity index (χ4v) is 2.32. The predicted molar refractivity (Wildman–Crippen MR) is 72.7 cm³/mol. The fraction of sp³-hybridized carbons (Fsp3) is 0.267. The first-order valence-electron chi connectivity index (χ1n) is 6.23. The van der Waals surface area contributed by atoms with Crippen LogP contribution in [-0.2, 0) is 0 Å². The molecule has 1 N–H and O–H groups in total. The summed E-state index contributed by atoms with van der Waals surface area (Å²) in [7, 11) is 1.88. The van der Waals surface area contributed by atoms with E-state index in [1.165, 1.54) is 0 Å². The maximum atomic E-state index is 12.5. The van der Waals surface area contributed by atoms with E-state index in [0.29, 0.717) is 6.04 Å². The van der Waals surface area contributed by atoms with Gasteiger partial charge in [0.2, 0.25) is 0 Å². The molecule has 3 rings (SSSR count). The monoisotopic (exact) mass is 240 g/mol. The molecule has 0 aromatic heterocycles. The van der Waals surface area contributed by atoms with Crippen LogP contribution < -0.4 is 5.32 Å². The predicted octanol–water partition coefficient (Wildman–Crippen LogP) is 1.88. The van der Waals surface area contributed by atoms with Gasteiger partial charge in [-0.1, -0.05) is 36.4 Å². The molecule has 0 atom stereocenters. The topological polar surface area (TPSA) is 32.3 Å². The lowest BCUT2D eigenvalue weighted by molar-refractivity contribution is 0.0683. The highest BCUT2D eigenvalue weighted by Gasteiger charge is 2.26. The second kappa shape index (κ2) is 4.42. The SMILES string of the molecule is CN(C(=O)c1cccc2ccccc12)C1CNC1. The van der Waals surface area contributed by atoms with Crippen LogP contribution in [0.2, 0.25) is 0 Å². The number of likely N-dealkylation sites (N-methyl/N-ethyl adjacent to an activating group) is 1. The highest BCUT2D eigenvalue weighted by Crippen LogP contribution is 2.20. The normalized spacial score (nSPS) is 15.4. The molecule has 1 saturated heterocycles. The summed E-state index contributed by atoms with van der Waals surface area (Å²) in [6.45, 7) is 1.79. The minimum Gasteiger partial charge on any atom is -0.336 e. The van der Waals surface area contributed by atoms with Gasteiger partial charge < -0.3 is 10.2 Å². The van der Waals surface area contributed by atoms with Crippen molar-refractivity contribution >= 4 is 16.7 Å². The second-order valence-electron chi connectivity index (χ2n) is 4.75. The van der Waals surface area contributed by atoms with Crippen molar-refractivity contribution in [2.45, 2.75) is 6.04 Å². The molecule has 92 valence electrons. The van der Waals surface area contributed by atoms with Gasteiger partial charge in [0.05, 0.1) is 6.04 Å². The molecule has 1 aliphatic rings. The fourth-order valence-electron chi connectivity index (χ4n) is 2.32. The lowest BCUT2D eigenvalue weighted by Gasteiger charge is -2.35. The molecule has 0 radical (unpaired) electrons. The smallest absolute Gasteiger partial charge is 0.254 e. The van der Waals surface area contributed by atoms with Crippen molar-refractivity contribution in [3.05, 3.63) is 48.0 Å². The summed E-state index contributed by atoms with van der Waals surface area (Å²) >= 11 is 0. The molecule has 0 aliphatic carbocycles. The number of carbonyl (C=O) groups is 1. The van der Waals surface area contributed by atoms with Crippen LogP contribution in [0.4, 0.5) is 0 Å². The van der Waals surface area contributed by atoms with Crippen molar-refractivity contribution < 1.29 is 4.79 Å². The minimum atomic E-state index is 0.110. The number of fused-ring (bicyclic) bond motifs is 1. The van der Waals surface area contributed by atoms with Gasteiger partial charge in [-0.3, -0.25) is 4.79 Å². The first-order chi connectivity index (χ1) is 8.77. The Balaban J connectivity index is 2.00. The van der Waals surface area contributed by atoms with Crippen molar-refractivity contribution in [3.8, 4) is 0 Å². The zero-order chi connectivity index (χ0) is 12.5. The quantitative estimate of drug-likeness (QED) is 0.869. The van der Waals surface area contributed by atoms with E-state index in [1.807, 2.05) is 54.4 Å². The number of amides is 1. The summed E-state index contributed by atoms with van der Waals surface area (Å²) in [6.07, 6.45) is 0. The molecule has 18 heavy (non-hydrogen) atoms. The van der Waals surface area contributed by atoms with Gasteiger partial charge in [-0.15, -0.1) is 0 Å². The van der Waals surface area contributed by atoms with Crippen molar-refractivity contribution in [1.82, 2.24) is 10.2 Å². The van der Waals surface area contributed by atoms with Crippen molar-refractivity contribution in [1.29, 1.82) is 0 Å². The van der Waals surface area contributed by atoms with Crippen LogP contribution in [0.15, 0.2) is 42.5 Å².